The molecule has 7 nitrogen and oxygen atoms in total. The quantitative estimate of drug-likeness (QED) is 0.713. The van der Waals surface area contributed by atoms with Crippen LogP contribution in [0, 0.1) is 0 Å². The van der Waals surface area contributed by atoms with Crippen LogP contribution >= 0.6 is 0 Å². The molecule has 0 spiro atoms. The van der Waals surface area contributed by atoms with Crippen LogP contribution in [0.1, 0.15) is 47.7 Å². The van der Waals surface area contributed by atoms with Crippen molar-refractivity contribution in [2.24, 2.45) is 0 Å². The fraction of sp³-hybridized carbons (Fsp3) is 0.350. The molecular weight excluding hydrogens is 340 g/mol. The molecule has 0 aromatic carbocycles. The molecule has 27 heavy (non-hydrogen) atoms. The van der Waals surface area contributed by atoms with E-state index in [1.165, 1.54) is 6.20 Å². The molecule has 3 aromatic heterocycles. The molecule has 3 aromatic rings. The number of aryl methyl sites for hydroxylation is 1. The van der Waals surface area contributed by atoms with Crippen LogP contribution in [-0.2, 0) is 6.42 Å². The van der Waals surface area contributed by atoms with Gasteiger partial charge in [-0.2, -0.15) is 0 Å². The second kappa shape index (κ2) is 7.65. The van der Waals surface area contributed by atoms with Gasteiger partial charge >= 0.3 is 0 Å². The van der Waals surface area contributed by atoms with Crippen molar-refractivity contribution in [2.45, 2.75) is 32.1 Å². The molecule has 1 saturated heterocycles. The normalized spacial score (nSPS) is 17.1. The van der Waals surface area contributed by atoms with Crippen molar-refractivity contribution < 1.29 is 4.79 Å². The molecule has 0 bridgehead atoms. The molecule has 0 unspecified atom stereocenters. The number of hydrogen-bond donors (Lipinski definition) is 0. The first kappa shape index (κ1) is 17.3. The molecule has 4 heterocycles. The Hall–Kier alpha value is -3.09. The van der Waals surface area contributed by atoms with Crippen molar-refractivity contribution in [1.82, 2.24) is 29.4 Å². The highest BCUT2D eigenvalue weighted by Crippen LogP contribution is 2.27. The molecule has 0 saturated carbocycles. The second-order valence-corrected chi connectivity index (χ2v) is 6.67. The zero-order valence-corrected chi connectivity index (χ0v) is 15.3. The Bertz CT molecular complexity index is 923. The van der Waals surface area contributed by atoms with E-state index in [9.17, 15) is 4.79 Å². The number of aromatic nitrogens is 5. The Balaban J connectivity index is 1.55. The minimum absolute atomic E-state index is 0.0631. The fourth-order valence-corrected chi connectivity index (χ4v) is 3.58. The maximum atomic E-state index is 12.7. The third kappa shape index (κ3) is 3.58. The molecule has 0 N–H and O–H groups in total. The molecule has 1 aliphatic heterocycles. The van der Waals surface area contributed by atoms with Crippen molar-refractivity contribution >= 4 is 5.91 Å². The van der Waals surface area contributed by atoms with Crippen LogP contribution in [0.25, 0.3) is 5.82 Å². The van der Waals surface area contributed by atoms with Gasteiger partial charge in [-0.05, 0) is 25.0 Å². The Labute approximate surface area is 158 Å². The minimum Gasteiger partial charge on any atom is -0.337 e. The topological polar surface area (TPSA) is 76.8 Å². The summed E-state index contributed by atoms with van der Waals surface area (Å²) in [4.78, 5) is 32.0. The van der Waals surface area contributed by atoms with Gasteiger partial charge in [-0.25, -0.2) is 15.0 Å². The van der Waals surface area contributed by atoms with Crippen molar-refractivity contribution in [2.75, 3.05) is 13.1 Å². The number of imidazole rings is 1. The Morgan fingerprint density at radius 1 is 1.22 bits per heavy atom. The number of pyridine rings is 1. The average molecular weight is 362 g/mol. The van der Waals surface area contributed by atoms with Crippen LogP contribution in [0.3, 0.4) is 0 Å². The monoisotopic (exact) mass is 362 g/mol. The molecule has 1 fully saturated rings. The first-order chi connectivity index (χ1) is 13.3. The number of carbonyl (C=O) groups excluding carboxylic acids is 1. The molecule has 1 amide bonds. The van der Waals surface area contributed by atoms with E-state index in [4.69, 9.17) is 4.98 Å². The van der Waals surface area contributed by atoms with Crippen molar-refractivity contribution in [1.29, 1.82) is 0 Å². The van der Waals surface area contributed by atoms with E-state index in [0.29, 0.717) is 12.2 Å². The SMILES string of the molecule is CCc1nccn1-c1cccc([C@@H]2CCCN(C(=O)c3cnccn3)C2)n1. The Kier molecular flexibility index (Phi) is 4.91. The molecule has 7 heteroatoms. The number of amides is 1. The van der Waals surface area contributed by atoms with Gasteiger partial charge in [-0.1, -0.05) is 13.0 Å². The molecule has 0 aliphatic carbocycles. The summed E-state index contributed by atoms with van der Waals surface area (Å²) in [5.74, 6) is 2.02. The van der Waals surface area contributed by atoms with E-state index < -0.39 is 0 Å². The van der Waals surface area contributed by atoms with E-state index in [-0.39, 0.29) is 11.8 Å². The van der Waals surface area contributed by atoms with Gasteiger partial charge in [0.05, 0.1) is 6.20 Å². The summed E-state index contributed by atoms with van der Waals surface area (Å²) in [6.07, 6.45) is 11.2. The van der Waals surface area contributed by atoms with Crippen molar-refractivity contribution in [3.05, 3.63) is 66.4 Å². The standard InChI is InChI=1S/C20H22N6O/c1-2-18-23-10-12-26(18)19-7-3-6-16(24-19)15-5-4-11-25(14-15)20(27)17-13-21-8-9-22-17/h3,6-10,12-13,15H,2,4-5,11,14H2,1H3/t15-/m1/s1. The fourth-order valence-electron chi connectivity index (χ4n) is 3.58. The van der Waals surface area contributed by atoms with Crippen LogP contribution in [0.15, 0.2) is 49.2 Å². The van der Waals surface area contributed by atoms with Gasteiger partial charge in [-0.15, -0.1) is 0 Å². The highest BCUT2D eigenvalue weighted by atomic mass is 16.2. The van der Waals surface area contributed by atoms with Gasteiger partial charge in [0, 0.05) is 55.9 Å². The van der Waals surface area contributed by atoms with Gasteiger partial charge < -0.3 is 4.90 Å². The van der Waals surface area contributed by atoms with Gasteiger partial charge in [0.25, 0.3) is 5.91 Å². The largest absolute Gasteiger partial charge is 0.337 e. The maximum absolute atomic E-state index is 12.7. The van der Waals surface area contributed by atoms with Gasteiger partial charge in [0.1, 0.15) is 17.3 Å². The lowest BCUT2D eigenvalue weighted by molar-refractivity contribution is 0.0699. The van der Waals surface area contributed by atoms with Gasteiger partial charge in [0.15, 0.2) is 0 Å². The highest BCUT2D eigenvalue weighted by molar-refractivity contribution is 5.92. The molecule has 1 aliphatic rings. The molecular formula is C20H22N6O. The summed E-state index contributed by atoms with van der Waals surface area (Å²) in [6, 6.07) is 6.07. The predicted octanol–water partition coefficient (Wildman–Crippen LogP) is 2.64. The van der Waals surface area contributed by atoms with Crippen LogP contribution in [0.4, 0.5) is 0 Å². The first-order valence-corrected chi connectivity index (χ1v) is 9.31. The van der Waals surface area contributed by atoms with Crippen molar-refractivity contribution in [3.8, 4) is 5.82 Å². The van der Waals surface area contributed by atoms with Crippen LogP contribution < -0.4 is 0 Å². The van der Waals surface area contributed by atoms with Gasteiger partial charge in [-0.3, -0.25) is 14.3 Å². The lowest BCUT2D eigenvalue weighted by Gasteiger charge is -2.32. The summed E-state index contributed by atoms with van der Waals surface area (Å²) in [5.41, 5.74) is 1.41. The number of rotatable bonds is 4. The zero-order chi connectivity index (χ0) is 18.6. The smallest absolute Gasteiger partial charge is 0.274 e. The lowest BCUT2D eigenvalue weighted by Crippen LogP contribution is -2.39. The van der Waals surface area contributed by atoms with Crippen LogP contribution in [0.5, 0.6) is 0 Å². The molecule has 1 atom stereocenters. The minimum atomic E-state index is -0.0631. The first-order valence-electron chi connectivity index (χ1n) is 9.31. The van der Waals surface area contributed by atoms with E-state index in [2.05, 4.69) is 21.9 Å². The summed E-state index contributed by atoms with van der Waals surface area (Å²) in [5, 5.41) is 0. The number of hydrogen-bond acceptors (Lipinski definition) is 5. The number of carbonyl (C=O) groups is 1. The van der Waals surface area contributed by atoms with E-state index >= 15 is 0 Å². The van der Waals surface area contributed by atoms with Crippen LogP contribution in [-0.4, -0.2) is 48.4 Å². The number of piperidine rings is 1. The summed E-state index contributed by atoms with van der Waals surface area (Å²) >= 11 is 0. The zero-order valence-electron chi connectivity index (χ0n) is 15.3. The third-order valence-electron chi connectivity index (χ3n) is 4.95. The van der Waals surface area contributed by atoms with E-state index in [1.54, 1.807) is 18.6 Å². The Morgan fingerprint density at radius 3 is 2.96 bits per heavy atom. The Morgan fingerprint density at radius 2 is 2.15 bits per heavy atom. The van der Waals surface area contributed by atoms with E-state index in [0.717, 1.165) is 43.1 Å². The molecule has 0 radical (unpaired) electrons. The summed E-state index contributed by atoms with van der Waals surface area (Å²) in [7, 11) is 0. The second-order valence-electron chi connectivity index (χ2n) is 6.67. The predicted molar refractivity (Wildman–Crippen MR) is 101 cm³/mol. The lowest BCUT2D eigenvalue weighted by atomic mass is 9.94. The van der Waals surface area contributed by atoms with Crippen molar-refractivity contribution in [3.63, 3.8) is 0 Å². The molecule has 4 rings (SSSR count). The summed E-state index contributed by atoms with van der Waals surface area (Å²) in [6.45, 7) is 3.48. The maximum Gasteiger partial charge on any atom is 0.274 e. The van der Waals surface area contributed by atoms with Crippen LogP contribution in [0.2, 0.25) is 0 Å². The number of likely N-dealkylation sites (tertiary alicyclic amines) is 1. The third-order valence-corrected chi connectivity index (χ3v) is 4.95. The molecule has 138 valence electrons. The van der Waals surface area contributed by atoms with Gasteiger partial charge in [0.2, 0.25) is 0 Å². The summed E-state index contributed by atoms with van der Waals surface area (Å²) < 4.78 is 2.02. The average Bonchev–Trinajstić information content (AvgIpc) is 3.23. The highest BCUT2D eigenvalue weighted by Gasteiger charge is 2.27. The number of nitrogens with zero attached hydrogens (tertiary/aromatic N) is 6. The van der Waals surface area contributed by atoms with E-state index in [1.807, 2.05) is 33.9 Å².